The van der Waals surface area contributed by atoms with Gasteiger partial charge in [0.05, 0.1) is 17.2 Å². The first-order chi connectivity index (χ1) is 10.6. The summed E-state index contributed by atoms with van der Waals surface area (Å²) in [7, 11) is 0. The Morgan fingerprint density at radius 1 is 1.23 bits per heavy atom. The molecule has 0 aliphatic rings. The third kappa shape index (κ3) is 3.84. The van der Waals surface area contributed by atoms with Crippen LogP contribution in [0, 0.1) is 11.3 Å². The quantitative estimate of drug-likeness (QED) is 0.888. The van der Waals surface area contributed by atoms with Crippen molar-refractivity contribution in [3.63, 3.8) is 0 Å². The molecule has 2 aromatic rings. The standard InChI is InChI=1S/C17H16N2O3/c1-12(20)11-19-17(21)14-7-3-5-9-16(14)22-15-8-4-2-6-13(15)10-18/h2-9,12,20H,11H2,1H3,(H,19,21). The van der Waals surface area contributed by atoms with Gasteiger partial charge < -0.3 is 15.2 Å². The van der Waals surface area contributed by atoms with Crippen molar-refractivity contribution in [2.45, 2.75) is 13.0 Å². The first-order valence-corrected chi connectivity index (χ1v) is 6.84. The zero-order chi connectivity index (χ0) is 15.9. The molecule has 112 valence electrons. The number of nitrogens with zero attached hydrogens (tertiary/aromatic N) is 1. The molecule has 0 aromatic heterocycles. The molecule has 0 aliphatic heterocycles. The van der Waals surface area contributed by atoms with Gasteiger partial charge in [-0.25, -0.2) is 0 Å². The number of ether oxygens (including phenoxy) is 1. The number of para-hydroxylation sites is 2. The van der Waals surface area contributed by atoms with E-state index < -0.39 is 6.10 Å². The molecular weight excluding hydrogens is 280 g/mol. The van der Waals surface area contributed by atoms with Crippen LogP contribution in [-0.4, -0.2) is 23.7 Å². The van der Waals surface area contributed by atoms with Gasteiger partial charge in [0, 0.05) is 6.54 Å². The zero-order valence-electron chi connectivity index (χ0n) is 12.1. The van der Waals surface area contributed by atoms with Gasteiger partial charge in [-0.1, -0.05) is 24.3 Å². The maximum Gasteiger partial charge on any atom is 0.255 e. The van der Waals surface area contributed by atoms with Crippen LogP contribution in [0.1, 0.15) is 22.8 Å². The number of hydrogen-bond donors (Lipinski definition) is 2. The molecule has 1 amide bonds. The van der Waals surface area contributed by atoms with Crippen molar-refractivity contribution in [3.8, 4) is 17.6 Å². The van der Waals surface area contributed by atoms with E-state index in [1.807, 2.05) is 6.07 Å². The lowest BCUT2D eigenvalue weighted by atomic mass is 10.1. The highest BCUT2D eigenvalue weighted by Crippen LogP contribution is 2.27. The summed E-state index contributed by atoms with van der Waals surface area (Å²) in [5.74, 6) is 0.403. The van der Waals surface area contributed by atoms with E-state index in [0.717, 1.165) is 0 Å². The van der Waals surface area contributed by atoms with E-state index >= 15 is 0 Å². The highest BCUT2D eigenvalue weighted by molar-refractivity contribution is 5.97. The molecule has 22 heavy (non-hydrogen) atoms. The van der Waals surface area contributed by atoms with Crippen LogP contribution in [0.2, 0.25) is 0 Å². The van der Waals surface area contributed by atoms with E-state index in [1.54, 1.807) is 55.5 Å². The van der Waals surface area contributed by atoms with Gasteiger partial charge in [-0.3, -0.25) is 4.79 Å². The molecule has 1 unspecified atom stereocenters. The second kappa shape index (κ2) is 7.25. The Labute approximate surface area is 128 Å². The summed E-state index contributed by atoms with van der Waals surface area (Å²) in [5.41, 5.74) is 0.734. The van der Waals surface area contributed by atoms with Crippen molar-refractivity contribution in [3.05, 3.63) is 59.7 Å². The van der Waals surface area contributed by atoms with E-state index in [1.165, 1.54) is 0 Å². The molecule has 1 atom stereocenters. The summed E-state index contributed by atoms with van der Waals surface area (Å²) in [6.45, 7) is 1.74. The van der Waals surface area contributed by atoms with Crippen molar-refractivity contribution in [1.82, 2.24) is 5.32 Å². The lowest BCUT2D eigenvalue weighted by Crippen LogP contribution is -2.30. The largest absolute Gasteiger partial charge is 0.455 e. The van der Waals surface area contributed by atoms with Crippen LogP contribution >= 0.6 is 0 Å². The predicted molar refractivity (Wildman–Crippen MR) is 81.7 cm³/mol. The van der Waals surface area contributed by atoms with Gasteiger partial charge in [-0.15, -0.1) is 0 Å². The van der Waals surface area contributed by atoms with Crippen LogP contribution < -0.4 is 10.1 Å². The SMILES string of the molecule is CC(O)CNC(=O)c1ccccc1Oc1ccccc1C#N. The lowest BCUT2D eigenvalue weighted by molar-refractivity contribution is 0.0921. The number of benzene rings is 2. The van der Waals surface area contributed by atoms with Crippen molar-refractivity contribution < 1.29 is 14.6 Å². The van der Waals surface area contributed by atoms with Crippen LogP contribution in [0.15, 0.2) is 48.5 Å². The van der Waals surface area contributed by atoms with Gasteiger partial charge in [-0.05, 0) is 31.2 Å². The monoisotopic (exact) mass is 296 g/mol. The van der Waals surface area contributed by atoms with Crippen molar-refractivity contribution >= 4 is 5.91 Å². The van der Waals surface area contributed by atoms with Gasteiger partial charge >= 0.3 is 0 Å². The summed E-state index contributed by atoms with van der Waals surface area (Å²) >= 11 is 0. The van der Waals surface area contributed by atoms with E-state index in [-0.39, 0.29) is 12.5 Å². The van der Waals surface area contributed by atoms with E-state index in [0.29, 0.717) is 22.6 Å². The topological polar surface area (TPSA) is 82.3 Å². The summed E-state index contributed by atoms with van der Waals surface area (Å²) < 4.78 is 5.71. The van der Waals surface area contributed by atoms with E-state index in [2.05, 4.69) is 5.32 Å². The fourth-order valence-electron chi connectivity index (χ4n) is 1.85. The summed E-state index contributed by atoms with van der Waals surface area (Å²) in [4.78, 5) is 12.1. The third-order valence-electron chi connectivity index (χ3n) is 2.92. The number of aliphatic hydroxyl groups excluding tert-OH is 1. The Balaban J connectivity index is 2.25. The number of carbonyl (C=O) groups is 1. The maximum atomic E-state index is 12.1. The minimum atomic E-state index is -0.628. The minimum absolute atomic E-state index is 0.155. The molecule has 0 heterocycles. The Morgan fingerprint density at radius 3 is 2.55 bits per heavy atom. The molecule has 0 radical (unpaired) electrons. The Kier molecular flexibility index (Phi) is 5.12. The molecule has 0 fully saturated rings. The zero-order valence-corrected chi connectivity index (χ0v) is 12.1. The highest BCUT2D eigenvalue weighted by atomic mass is 16.5. The molecule has 5 heteroatoms. The number of nitrogens with one attached hydrogen (secondary N) is 1. The third-order valence-corrected chi connectivity index (χ3v) is 2.92. The van der Waals surface area contributed by atoms with Crippen LogP contribution in [-0.2, 0) is 0 Å². The van der Waals surface area contributed by atoms with E-state index in [9.17, 15) is 9.90 Å². The number of nitriles is 1. The van der Waals surface area contributed by atoms with Gasteiger partial charge in [0.1, 0.15) is 17.6 Å². The molecule has 0 aliphatic carbocycles. The molecule has 0 saturated heterocycles. The second-order valence-corrected chi connectivity index (χ2v) is 4.77. The summed E-state index contributed by atoms with van der Waals surface area (Å²) in [5, 5.41) is 20.9. The molecule has 0 saturated carbocycles. The molecule has 2 rings (SSSR count). The lowest BCUT2D eigenvalue weighted by Gasteiger charge is -2.12. The molecule has 0 spiro atoms. The van der Waals surface area contributed by atoms with Gasteiger partial charge in [0.25, 0.3) is 5.91 Å². The Hall–Kier alpha value is -2.84. The highest BCUT2D eigenvalue weighted by Gasteiger charge is 2.14. The smallest absolute Gasteiger partial charge is 0.255 e. The molecule has 0 bridgehead atoms. The fraction of sp³-hybridized carbons (Fsp3) is 0.176. The first-order valence-electron chi connectivity index (χ1n) is 6.84. The van der Waals surface area contributed by atoms with Crippen molar-refractivity contribution in [2.75, 3.05) is 6.54 Å². The number of rotatable bonds is 5. The number of amides is 1. The fourth-order valence-corrected chi connectivity index (χ4v) is 1.85. The average Bonchev–Trinajstić information content (AvgIpc) is 2.53. The van der Waals surface area contributed by atoms with Crippen LogP contribution in [0.5, 0.6) is 11.5 Å². The van der Waals surface area contributed by atoms with Gasteiger partial charge in [-0.2, -0.15) is 5.26 Å². The predicted octanol–water partition coefficient (Wildman–Crippen LogP) is 2.46. The average molecular weight is 296 g/mol. The van der Waals surface area contributed by atoms with E-state index in [4.69, 9.17) is 10.00 Å². The maximum absolute atomic E-state index is 12.1. The Morgan fingerprint density at radius 2 is 1.86 bits per heavy atom. The molecular formula is C17H16N2O3. The van der Waals surface area contributed by atoms with Gasteiger partial charge in [0.15, 0.2) is 0 Å². The Bertz CT molecular complexity index is 705. The number of hydrogen-bond acceptors (Lipinski definition) is 4. The van der Waals surface area contributed by atoms with Crippen LogP contribution in [0.4, 0.5) is 0 Å². The molecule has 2 aromatic carbocycles. The summed E-state index contributed by atoms with van der Waals surface area (Å²) in [6.07, 6.45) is -0.628. The van der Waals surface area contributed by atoms with Crippen molar-refractivity contribution in [2.24, 2.45) is 0 Å². The van der Waals surface area contributed by atoms with Gasteiger partial charge in [0.2, 0.25) is 0 Å². The molecule has 5 nitrogen and oxygen atoms in total. The van der Waals surface area contributed by atoms with Crippen LogP contribution in [0.3, 0.4) is 0 Å². The second-order valence-electron chi connectivity index (χ2n) is 4.77. The summed E-state index contributed by atoms with van der Waals surface area (Å²) in [6, 6.07) is 15.6. The first kappa shape index (κ1) is 15.5. The number of aliphatic hydroxyl groups is 1. The van der Waals surface area contributed by atoms with Crippen molar-refractivity contribution in [1.29, 1.82) is 5.26 Å². The normalized spacial score (nSPS) is 11.3. The molecule has 2 N–H and O–H groups in total. The van der Waals surface area contributed by atoms with Crippen LogP contribution in [0.25, 0.3) is 0 Å². The number of carbonyl (C=O) groups excluding carboxylic acids is 1. The minimum Gasteiger partial charge on any atom is -0.455 e.